The van der Waals surface area contributed by atoms with Gasteiger partial charge in [-0.2, -0.15) is 0 Å². The van der Waals surface area contributed by atoms with Crippen molar-refractivity contribution in [3.05, 3.63) is 77.4 Å². The van der Waals surface area contributed by atoms with E-state index in [1.165, 1.54) is 22.3 Å². The number of benzene rings is 2. The van der Waals surface area contributed by atoms with Crippen molar-refractivity contribution in [2.75, 3.05) is 0 Å². The van der Waals surface area contributed by atoms with Gasteiger partial charge in [-0.3, -0.25) is 4.79 Å². The van der Waals surface area contributed by atoms with Gasteiger partial charge in [0.15, 0.2) is 0 Å². The summed E-state index contributed by atoms with van der Waals surface area (Å²) >= 11 is 0. The lowest BCUT2D eigenvalue weighted by molar-refractivity contribution is -0.134. The lowest BCUT2D eigenvalue weighted by atomic mass is 9.55. The largest absolute Gasteiger partial charge is 0.298 e. The molecule has 0 bridgehead atoms. The molecule has 1 heteroatoms. The highest BCUT2D eigenvalue weighted by atomic mass is 16.1. The van der Waals surface area contributed by atoms with E-state index in [-0.39, 0.29) is 5.41 Å². The van der Waals surface area contributed by atoms with Crippen molar-refractivity contribution in [3.63, 3.8) is 0 Å². The molecule has 104 valence electrons. The van der Waals surface area contributed by atoms with Crippen molar-refractivity contribution in [2.45, 2.75) is 25.2 Å². The first-order chi connectivity index (χ1) is 10.2. The van der Waals surface area contributed by atoms with Gasteiger partial charge in [0.1, 0.15) is 5.78 Å². The summed E-state index contributed by atoms with van der Waals surface area (Å²) in [6, 6.07) is 20.8. The molecule has 2 aromatic carbocycles. The molecule has 2 atom stereocenters. The average molecular weight is 274 g/mol. The number of hydrogen-bond donors (Lipinski definition) is 0. The Morgan fingerprint density at radius 3 is 2.14 bits per heavy atom. The van der Waals surface area contributed by atoms with Crippen LogP contribution in [-0.2, 0) is 10.2 Å². The summed E-state index contributed by atoms with van der Waals surface area (Å²) in [7, 11) is 0. The minimum Gasteiger partial charge on any atom is -0.298 e. The van der Waals surface area contributed by atoms with E-state index < -0.39 is 0 Å². The molecule has 0 aromatic heterocycles. The molecule has 2 aliphatic rings. The van der Waals surface area contributed by atoms with E-state index in [4.69, 9.17) is 0 Å². The number of allylic oxidation sites excluding steroid dienone is 2. The van der Waals surface area contributed by atoms with E-state index in [1.54, 1.807) is 0 Å². The van der Waals surface area contributed by atoms with E-state index in [1.807, 2.05) is 24.3 Å². The zero-order valence-corrected chi connectivity index (χ0v) is 12.2. The molecule has 4 rings (SSSR count). The van der Waals surface area contributed by atoms with Gasteiger partial charge in [-0.1, -0.05) is 66.2 Å². The minimum atomic E-state index is -0.341. The maximum absolute atomic E-state index is 12.6. The zero-order valence-electron chi connectivity index (χ0n) is 12.2. The first kappa shape index (κ1) is 12.6. The molecule has 0 amide bonds. The highest BCUT2D eigenvalue weighted by Crippen LogP contribution is 2.60. The number of Topliss-reactive ketones (excluding diaryl/α,β-unsaturated/α-hetero) is 1. The van der Waals surface area contributed by atoms with E-state index in [9.17, 15) is 4.79 Å². The zero-order chi connectivity index (χ0) is 14.4. The Bertz CT molecular complexity index is 727. The summed E-state index contributed by atoms with van der Waals surface area (Å²) < 4.78 is 0. The number of fused-ring (bicyclic) bond motifs is 1. The Hall–Kier alpha value is -2.15. The number of ketones is 1. The lowest BCUT2D eigenvalue weighted by Gasteiger charge is -2.45. The average Bonchev–Trinajstić information content (AvgIpc) is 2.76. The number of hydrogen-bond acceptors (Lipinski definition) is 1. The first-order valence-electron chi connectivity index (χ1n) is 7.59. The fraction of sp³-hybridized carbons (Fsp3) is 0.250. The van der Waals surface area contributed by atoms with Crippen molar-refractivity contribution in [1.82, 2.24) is 0 Å². The van der Waals surface area contributed by atoms with Crippen LogP contribution in [0.25, 0.3) is 5.57 Å². The van der Waals surface area contributed by atoms with Crippen molar-refractivity contribution < 1.29 is 4.79 Å². The molecule has 0 spiro atoms. The van der Waals surface area contributed by atoms with E-state index in [0.29, 0.717) is 11.7 Å². The van der Waals surface area contributed by atoms with Gasteiger partial charge in [0.2, 0.25) is 0 Å². The van der Waals surface area contributed by atoms with Crippen molar-refractivity contribution in [2.24, 2.45) is 5.92 Å². The van der Waals surface area contributed by atoms with E-state index >= 15 is 0 Å². The van der Waals surface area contributed by atoms with Crippen molar-refractivity contribution in [1.29, 1.82) is 0 Å². The fourth-order valence-corrected chi connectivity index (χ4v) is 4.30. The second-order valence-electron chi connectivity index (χ2n) is 6.17. The van der Waals surface area contributed by atoms with Gasteiger partial charge in [0.25, 0.3) is 0 Å². The van der Waals surface area contributed by atoms with Gasteiger partial charge >= 0.3 is 0 Å². The number of carbonyl (C=O) groups is 1. The molecule has 1 saturated carbocycles. The van der Waals surface area contributed by atoms with Crippen molar-refractivity contribution >= 4 is 11.4 Å². The molecule has 0 saturated heterocycles. The fourth-order valence-electron chi connectivity index (χ4n) is 4.30. The van der Waals surface area contributed by atoms with Gasteiger partial charge < -0.3 is 0 Å². The van der Waals surface area contributed by atoms with Crippen LogP contribution in [0.4, 0.5) is 0 Å². The third-order valence-corrected chi connectivity index (χ3v) is 5.33. The molecule has 2 aromatic rings. The molecule has 21 heavy (non-hydrogen) atoms. The first-order valence-corrected chi connectivity index (χ1v) is 7.59. The summed E-state index contributed by atoms with van der Waals surface area (Å²) in [4.78, 5) is 12.6. The smallest absolute Gasteiger partial charge is 0.148 e. The maximum Gasteiger partial charge on any atom is 0.148 e. The Kier molecular flexibility index (Phi) is 2.65. The van der Waals surface area contributed by atoms with Gasteiger partial charge in [-0.05, 0) is 36.0 Å². The van der Waals surface area contributed by atoms with Crippen LogP contribution in [0, 0.1) is 5.92 Å². The standard InChI is InChI=1S/C20H18O/c1-14-18(15-8-4-2-5-9-15)12-17-13-19(21)20(14,17)16-10-6-3-7-11-16/h2-11,17H,12-13H2,1H3/t17-,20+/m0/s1. The maximum atomic E-state index is 12.6. The van der Waals surface area contributed by atoms with Crippen molar-refractivity contribution in [3.8, 4) is 0 Å². The van der Waals surface area contributed by atoms with Crippen LogP contribution in [0.3, 0.4) is 0 Å². The molecule has 0 aliphatic heterocycles. The van der Waals surface area contributed by atoms with E-state index in [0.717, 1.165) is 12.8 Å². The third kappa shape index (κ3) is 1.55. The molecule has 1 fully saturated rings. The Labute approximate surface area is 125 Å². The van der Waals surface area contributed by atoms with Crippen LogP contribution >= 0.6 is 0 Å². The van der Waals surface area contributed by atoms with Crippen LogP contribution in [0.5, 0.6) is 0 Å². The van der Waals surface area contributed by atoms with Gasteiger partial charge in [-0.15, -0.1) is 0 Å². The molecule has 0 unspecified atom stereocenters. The van der Waals surface area contributed by atoms with Crippen LogP contribution < -0.4 is 0 Å². The SMILES string of the molecule is CC1=C(c2ccccc2)C[C@H]2CC(=O)[C@@]12c1ccccc1. The molecule has 1 nitrogen and oxygen atoms in total. The second kappa shape index (κ2) is 4.42. The summed E-state index contributed by atoms with van der Waals surface area (Å²) in [6.07, 6.45) is 1.75. The molecule has 0 radical (unpaired) electrons. The molecular weight excluding hydrogens is 256 g/mol. The molecule has 2 aliphatic carbocycles. The Morgan fingerprint density at radius 2 is 1.52 bits per heavy atom. The highest BCUT2D eigenvalue weighted by molar-refractivity contribution is 6.04. The molecular formula is C20H18O. The molecule has 0 heterocycles. The monoisotopic (exact) mass is 274 g/mol. The van der Waals surface area contributed by atoms with E-state index in [2.05, 4.69) is 43.3 Å². The molecule has 0 N–H and O–H groups in total. The Balaban J connectivity index is 1.90. The van der Waals surface area contributed by atoms with Gasteiger partial charge in [-0.25, -0.2) is 0 Å². The quantitative estimate of drug-likeness (QED) is 0.793. The van der Waals surface area contributed by atoms with Gasteiger partial charge in [0, 0.05) is 6.42 Å². The summed E-state index contributed by atoms with van der Waals surface area (Å²) in [5.74, 6) is 0.838. The number of rotatable bonds is 2. The second-order valence-corrected chi connectivity index (χ2v) is 6.17. The summed E-state index contributed by atoms with van der Waals surface area (Å²) in [6.45, 7) is 2.16. The minimum absolute atomic E-state index is 0.341. The van der Waals surface area contributed by atoms with Crippen LogP contribution in [0.15, 0.2) is 66.2 Å². The summed E-state index contributed by atoms with van der Waals surface area (Å²) in [5, 5.41) is 0. The van der Waals surface area contributed by atoms with Crippen LogP contribution in [0.1, 0.15) is 30.9 Å². The summed E-state index contributed by atoms with van der Waals surface area (Å²) in [5.41, 5.74) is 4.74. The predicted octanol–water partition coefficient (Wildman–Crippen LogP) is 4.39. The third-order valence-electron chi connectivity index (χ3n) is 5.33. The predicted molar refractivity (Wildman–Crippen MR) is 84.9 cm³/mol. The van der Waals surface area contributed by atoms with Crippen LogP contribution in [-0.4, -0.2) is 5.78 Å². The highest BCUT2D eigenvalue weighted by Gasteiger charge is 2.60. The normalized spacial score (nSPS) is 27.5. The van der Waals surface area contributed by atoms with Crippen LogP contribution in [0.2, 0.25) is 0 Å². The van der Waals surface area contributed by atoms with Gasteiger partial charge in [0.05, 0.1) is 5.41 Å². The Morgan fingerprint density at radius 1 is 0.905 bits per heavy atom. The lowest BCUT2D eigenvalue weighted by Crippen LogP contribution is -2.51. The topological polar surface area (TPSA) is 17.1 Å². The number of carbonyl (C=O) groups excluding carboxylic acids is 1.